The molecule has 4 heterocycles. The summed E-state index contributed by atoms with van der Waals surface area (Å²) >= 11 is 0. The molecule has 0 aliphatic carbocycles. The van der Waals surface area contributed by atoms with Crippen molar-refractivity contribution in [2.24, 2.45) is 0 Å². The molecular weight excluding hydrogens is 332 g/mol. The predicted octanol–water partition coefficient (Wildman–Crippen LogP) is 1.89. The van der Waals surface area contributed by atoms with Gasteiger partial charge in [0.1, 0.15) is 0 Å². The van der Waals surface area contributed by atoms with Crippen LogP contribution in [-0.4, -0.2) is 9.13 Å². The minimum absolute atomic E-state index is 0.300. The minimum Gasteiger partial charge on any atom is -0.274 e. The first kappa shape index (κ1) is 16.4. The second kappa shape index (κ2) is 5.76. The van der Waals surface area contributed by atoms with Gasteiger partial charge in [-0.15, -0.1) is 0 Å². The molecule has 26 heavy (non-hydrogen) atoms. The van der Waals surface area contributed by atoms with Gasteiger partial charge in [-0.2, -0.15) is 0 Å². The lowest BCUT2D eigenvalue weighted by atomic mass is 10.00. The maximum atomic E-state index is 13.0. The summed E-state index contributed by atoms with van der Waals surface area (Å²) in [5.41, 5.74) is -1.65. The zero-order chi connectivity index (χ0) is 18.6. The average molecular weight is 350 g/mol. The molecule has 6 rings (SSSR count). The van der Waals surface area contributed by atoms with E-state index >= 15 is 0 Å². The van der Waals surface area contributed by atoms with Crippen molar-refractivity contribution >= 4 is 32.3 Å². The highest BCUT2D eigenvalue weighted by molar-refractivity contribution is 6.22. The lowest BCUT2D eigenvalue weighted by molar-refractivity contribution is 0.644. The molecule has 0 fully saturated rings. The fraction of sp³-hybridized carbons (Fsp3) is 0.300. The van der Waals surface area contributed by atoms with Gasteiger partial charge in [-0.3, -0.25) is 28.3 Å². The Morgan fingerprint density at radius 3 is 1.08 bits per heavy atom. The van der Waals surface area contributed by atoms with Crippen molar-refractivity contribution < 1.29 is 0 Å². The SMILES string of the molecule is CCCn1c(=O)c2ccc(c1=O)c1c3ccc(c(=O)n(CCC)c3=O)c21. The summed E-state index contributed by atoms with van der Waals surface area (Å²) in [6.07, 6.45) is 1.27. The van der Waals surface area contributed by atoms with Crippen LogP contribution >= 0.6 is 0 Å². The van der Waals surface area contributed by atoms with Crippen LogP contribution < -0.4 is 22.2 Å². The van der Waals surface area contributed by atoms with Crippen LogP contribution in [0.1, 0.15) is 26.7 Å². The number of rotatable bonds is 4. The third-order valence-electron chi connectivity index (χ3n) is 4.96. The molecule has 6 heteroatoms. The molecule has 6 nitrogen and oxygen atoms in total. The molecule has 0 N–H and O–H groups in total. The fourth-order valence-electron chi connectivity index (χ4n) is 3.83. The highest BCUT2D eigenvalue weighted by Gasteiger charge is 2.20. The number of aromatic nitrogens is 2. The standard InChI is InChI=1S/C20H18N2O4/c1-3-9-21-17(23)11-5-6-12(18(21)24)16-14-8-7-13(15(11)16)19(25)22(10-4-2)20(14)26/h5-8H,3-4,9-10H2,1-2H3. The molecule has 0 spiro atoms. The Hall–Kier alpha value is -3.02. The topological polar surface area (TPSA) is 78.1 Å². The van der Waals surface area contributed by atoms with Crippen molar-refractivity contribution in [1.82, 2.24) is 9.13 Å². The normalized spacial score (nSPS) is 11.9. The van der Waals surface area contributed by atoms with Crippen molar-refractivity contribution in [2.45, 2.75) is 39.8 Å². The predicted molar refractivity (Wildman–Crippen MR) is 103 cm³/mol. The number of benzene rings is 2. The summed E-state index contributed by atoms with van der Waals surface area (Å²) in [5.74, 6) is 0. The van der Waals surface area contributed by atoms with Crippen LogP contribution in [0.15, 0.2) is 43.4 Å². The van der Waals surface area contributed by atoms with Gasteiger partial charge >= 0.3 is 0 Å². The summed E-state index contributed by atoms with van der Waals surface area (Å²) in [5, 5.41) is 2.07. The highest BCUT2D eigenvalue weighted by Crippen LogP contribution is 2.28. The Labute approximate surface area is 147 Å². The van der Waals surface area contributed by atoms with Gasteiger partial charge in [0.2, 0.25) is 0 Å². The quantitative estimate of drug-likeness (QED) is 0.563. The molecule has 0 aliphatic rings. The molecule has 0 radical (unpaired) electrons. The zero-order valence-electron chi connectivity index (χ0n) is 14.7. The van der Waals surface area contributed by atoms with E-state index in [0.717, 1.165) is 0 Å². The third kappa shape index (κ3) is 1.98. The van der Waals surface area contributed by atoms with Crippen molar-refractivity contribution in [3.63, 3.8) is 0 Å². The number of fused-ring (bicyclic) bond motifs is 6. The number of hydrogen-bond acceptors (Lipinski definition) is 4. The lowest BCUT2D eigenvalue weighted by Gasteiger charge is -2.00. The Bertz CT molecular complexity index is 1180. The van der Waals surface area contributed by atoms with Crippen LogP contribution in [0.2, 0.25) is 0 Å². The first-order chi connectivity index (χ1) is 12.5. The molecule has 0 saturated heterocycles. The Kier molecular flexibility index (Phi) is 3.64. The molecule has 0 aliphatic heterocycles. The molecule has 132 valence electrons. The average Bonchev–Trinajstić information content (AvgIpc) is 2.91. The van der Waals surface area contributed by atoms with Gasteiger partial charge in [-0.05, 0) is 37.1 Å². The summed E-state index contributed by atoms with van der Waals surface area (Å²) < 4.78 is 2.41. The fourth-order valence-corrected chi connectivity index (χ4v) is 3.83. The van der Waals surface area contributed by atoms with Crippen molar-refractivity contribution in [1.29, 1.82) is 0 Å². The van der Waals surface area contributed by atoms with E-state index in [1.807, 2.05) is 13.8 Å². The van der Waals surface area contributed by atoms with E-state index in [9.17, 15) is 19.2 Å². The van der Waals surface area contributed by atoms with Crippen LogP contribution in [-0.2, 0) is 13.1 Å². The minimum atomic E-state index is -0.413. The van der Waals surface area contributed by atoms with Crippen molar-refractivity contribution in [3.05, 3.63) is 65.7 Å². The first-order valence-electron chi connectivity index (χ1n) is 8.83. The lowest BCUT2D eigenvalue weighted by Crippen LogP contribution is -2.30. The molecular formula is C20H18N2O4. The van der Waals surface area contributed by atoms with Crippen molar-refractivity contribution in [3.8, 4) is 0 Å². The summed E-state index contributed by atoms with van der Waals surface area (Å²) in [4.78, 5) is 51.8. The second-order valence-corrected chi connectivity index (χ2v) is 6.60. The zero-order valence-corrected chi connectivity index (χ0v) is 14.7. The van der Waals surface area contributed by atoms with E-state index in [1.165, 1.54) is 9.13 Å². The highest BCUT2D eigenvalue weighted by atomic mass is 16.2. The third-order valence-corrected chi connectivity index (χ3v) is 4.96. The summed E-state index contributed by atoms with van der Waals surface area (Å²) in [6, 6.07) is 6.37. The van der Waals surface area contributed by atoms with E-state index in [2.05, 4.69) is 0 Å². The summed E-state index contributed by atoms with van der Waals surface area (Å²) in [6.45, 7) is 4.38. The molecule has 0 unspecified atom stereocenters. The van der Waals surface area contributed by atoms with Gasteiger partial charge in [0.05, 0.1) is 0 Å². The van der Waals surface area contributed by atoms with Gasteiger partial charge in [0.15, 0.2) is 0 Å². The molecule has 6 aromatic rings. The Morgan fingerprint density at radius 1 is 0.577 bits per heavy atom. The van der Waals surface area contributed by atoms with E-state index in [1.54, 1.807) is 24.3 Å². The van der Waals surface area contributed by atoms with E-state index < -0.39 is 22.2 Å². The van der Waals surface area contributed by atoms with Crippen LogP contribution in [0.25, 0.3) is 32.3 Å². The molecule has 4 aromatic heterocycles. The van der Waals surface area contributed by atoms with Gasteiger partial charge in [-0.25, -0.2) is 0 Å². The smallest absolute Gasteiger partial charge is 0.261 e. The molecule has 0 atom stereocenters. The van der Waals surface area contributed by atoms with Crippen LogP contribution in [0, 0.1) is 0 Å². The van der Waals surface area contributed by atoms with Crippen LogP contribution in [0.3, 0.4) is 0 Å². The molecule has 0 saturated carbocycles. The first-order valence-corrected chi connectivity index (χ1v) is 8.83. The molecule has 4 bridgehead atoms. The van der Waals surface area contributed by atoms with Crippen LogP contribution in [0.4, 0.5) is 0 Å². The van der Waals surface area contributed by atoms with Gasteiger partial charge in [0, 0.05) is 45.4 Å². The maximum Gasteiger partial charge on any atom is 0.261 e. The van der Waals surface area contributed by atoms with E-state index in [4.69, 9.17) is 0 Å². The van der Waals surface area contributed by atoms with Gasteiger partial charge in [-0.1, -0.05) is 13.8 Å². The number of hydrogen-bond donors (Lipinski definition) is 0. The molecule has 0 amide bonds. The largest absolute Gasteiger partial charge is 0.274 e. The Balaban J connectivity index is 2.46. The van der Waals surface area contributed by atoms with E-state index in [0.29, 0.717) is 58.2 Å². The van der Waals surface area contributed by atoms with E-state index in [-0.39, 0.29) is 0 Å². The van der Waals surface area contributed by atoms with Gasteiger partial charge < -0.3 is 0 Å². The van der Waals surface area contributed by atoms with Crippen molar-refractivity contribution in [2.75, 3.05) is 0 Å². The molecule has 2 aromatic carbocycles. The summed E-state index contributed by atoms with van der Waals surface area (Å²) in [7, 11) is 0. The van der Waals surface area contributed by atoms with Gasteiger partial charge in [0.25, 0.3) is 22.2 Å². The second-order valence-electron chi connectivity index (χ2n) is 6.60. The Morgan fingerprint density at radius 2 is 0.846 bits per heavy atom. The van der Waals surface area contributed by atoms with Crippen LogP contribution in [0.5, 0.6) is 0 Å². The maximum absolute atomic E-state index is 13.0. The monoisotopic (exact) mass is 350 g/mol. The number of nitrogens with zero attached hydrogens (tertiary/aromatic N) is 2.